The number of halogens is 3. The maximum atomic E-state index is 14.2. The number of imidazole rings is 1. The van der Waals surface area contributed by atoms with Crippen molar-refractivity contribution < 1.29 is 8.78 Å². The van der Waals surface area contributed by atoms with Crippen LogP contribution < -0.4 is 0 Å². The van der Waals surface area contributed by atoms with Crippen LogP contribution in [0.5, 0.6) is 0 Å². The Morgan fingerprint density at radius 2 is 1.80 bits per heavy atom. The molecule has 2 rings (SSSR count). The zero-order valence-corrected chi connectivity index (χ0v) is 13.1. The molecule has 0 aliphatic rings. The van der Waals surface area contributed by atoms with Crippen LogP contribution >= 0.6 is 11.6 Å². The molecule has 5 heteroatoms. The van der Waals surface area contributed by atoms with Crippen molar-refractivity contribution in [3.8, 4) is 0 Å². The van der Waals surface area contributed by atoms with Crippen molar-refractivity contribution in [3.63, 3.8) is 0 Å². The highest BCUT2D eigenvalue weighted by atomic mass is 35.5. The quantitative estimate of drug-likeness (QED) is 0.695. The average molecular weight is 301 g/mol. The van der Waals surface area contributed by atoms with E-state index in [-0.39, 0.29) is 22.4 Å². The van der Waals surface area contributed by atoms with Crippen LogP contribution in [-0.4, -0.2) is 9.55 Å². The van der Waals surface area contributed by atoms with Gasteiger partial charge in [0.1, 0.15) is 11.3 Å². The molecule has 2 atom stereocenters. The second kappa shape index (κ2) is 4.99. The predicted molar refractivity (Wildman–Crippen MR) is 78.1 cm³/mol. The summed E-state index contributed by atoms with van der Waals surface area (Å²) in [7, 11) is 0. The largest absolute Gasteiger partial charge is 0.321 e. The first-order valence-corrected chi connectivity index (χ1v) is 7.08. The highest BCUT2D eigenvalue weighted by molar-refractivity contribution is 6.20. The summed E-state index contributed by atoms with van der Waals surface area (Å²) in [5, 5.41) is -0.380. The molecule has 2 unspecified atom stereocenters. The first-order chi connectivity index (χ1) is 9.14. The minimum atomic E-state index is -0.867. The molecule has 0 aliphatic heterocycles. The third kappa shape index (κ3) is 2.41. The van der Waals surface area contributed by atoms with Crippen LogP contribution in [0.25, 0.3) is 11.0 Å². The molecule has 2 nitrogen and oxygen atoms in total. The van der Waals surface area contributed by atoms with Gasteiger partial charge in [0.25, 0.3) is 0 Å². The first-order valence-electron chi connectivity index (χ1n) is 6.64. The lowest BCUT2D eigenvalue weighted by atomic mass is 9.87. The molecule has 0 spiro atoms. The minimum Gasteiger partial charge on any atom is -0.321 e. The molecular formula is C15H19ClF2N2. The molecule has 0 fully saturated rings. The van der Waals surface area contributed by atoms with Crippen LogP contribution in [-0.2, 0) is 0 Å². The van der Waals surface area contributed by atoms with Crippen molar-refractivity contribution >= 4 is 22.6 Å². The molecular weight excluding hydrogens is 282 g/mol. The number of alkyl halides is 1. The molecule has 0 saturated carbocycles. The molecule has 1 aromatic heterocycles. The Labute approximate surface area is 122 Å². The summed E-state index contributed by atoms with van der Waals surface area (Å²) in [6, 6.07) is 2.52. The Morgan fingerprint density at radius 1 is 1.20 bits per heavy atom. The number of hydrogen-bond acceptors (Lipinski definition) is 1. The Hall–Kier alpha value is -1.16. The number of hydrogen-bond donors (Lipinski definition) is 0. The van der Waals surface area contributed by atoms with Gasteiger partial charge in [-0.05, 0) is 31.4 Å². The fourth-order valence-electron chi connectivity index (χ4n) is 2.20. The van der Waals surface area contributed by atoms with Crippen molar-refractivity contribution in [3.05, 3.63) is 29.6 Å². The molecule has 2 aromatic rings. The summed E-state index contributed by atoms with van der Waals surface area (Å²) in [5.74, 6) is -1.17. The van der Waals surface area contributed by atoms with Gasteiger partial charge in [-0.3, -0.25) is 0 Å². The number of benzene rings is 1. The molecule has 0 amide bonds. The van der Waals surface area contributed by atoms with E-state index < -0.39 is 11.6 Å². The van der Waals surface area contributed by atoms with Gasteiger partial charge in [-0.2, -0.15) is 0 Å². The van der Waals surface area contributed by atoms with E-state index in [0.717, 1.165) is 6.07 Å². The predicted octanol–water partition coefficient (Wildman–Crippen LogP) is 5.22. The highest BCUT2D eigenvalue weighted by Gasteiger charge is 2.29. The SMILES string of the molecule is CC(Cl)c1nc2ccc(F)c(F)c2n1C(C)C(C)(C)C. The summed E-state index contributed by atoms with van der Waals surface area (Å²) in [6.45, 7) is 9.88. The summed E-state index contributed by atoms with van der Waals surface area (Å²) in [4.78, 5) is 4.37. The van der Waals surface area contributed by atoms with E-state index in [9.17, 15) is 8.78 Å². The number of fused-ring (bicyclic) bond motifs is 1. The third-order valence-electron chi connectivity index (χ3n) is 3.77. The van der Waals surface area contributed by atoms with Crippen molar-refractivity contribution in [1.29, 1.82) is 0 Å². The van der Waals surface area contributed by atoms with E-state index >= 15 is 0 Å². The van der Waals surface area contributed by atoms with Crippen LogP contribution in [0.4, 0.5) is 8.78 Å². The topological polar surface area (TPSA) is 17.8 Å². The smallest absolute Gasteiger partial charge is 0.184 e. The highest BCUT2D eigenvalue weighted by Crippen LogP contribution is 2.37. The molecule has 0 bridgehead atoms. The van der Waals surface area contributed by atoms with E-state index in [2.05, 4.69) is 4.98 Å². The number of rotatable bonds is 2. The van der Waals surface area contributed by atoms with Gasteiger partial charge < -0.3 is 4.57 Å². The molecule has 0 N–H and O–H groups in total. The van der Waals surface area contributed by atoms with Gasteiger partial charge in [-0.15, -0.1) is 11.6 Å². The minimum absolute atomic E-state index is 0.0694. The molecule has 1 aromatic carbocycles. The van der Waals surface area contributed by atoms with E-state index in [1.165, 1.54) is 6.07 Å². The van der Waals surface area contributed by atoms with Gasteiger partial charge >= 0.3 is 0 Å². The Balaban J connectivity index is 2.84. The van der Waals surface area contributed by atoms with Gasteiger partial charge in [0.05, 0.1) is 10.9 Å². The fourth-order valence-corrected chi connectivity index (χ4v) is 2.35. The molecule has 0 saturated heterocycles. The Kier molecular flexibility index (Phi) is 3.80. The fraction of sp³-hybridized carbons (Fsp3) is 0.533. The molecule has 0 radical (unpaired) electrons. The summed E-state index contributed by atoms with van der Waals surface area (Å²) < 4.78 is 29.5. The van der Waals surface area contributed by atoms with Crippen LogP contribution in [0.3, 0.4) is 0 Å². The van der Waals surface area contributed by atoms with Crippen LogP contribution in [0, 0.1) is 17.0 Å². The molecule has 0 aliphatic carbocycles. The van der Waals surface area contributed by atoms with Crippen LogP contribution in [0.15, 0.2) is 12.1 Å². The maximum Gasteiger partial charge on any atom is 0.184 e. The van der Waals surface area contributed by atoms with Gasteiger partial charge in [0.15, 0.2) is 11.6 Å². The number of nitrogens with zero attached hydrogens (tertiary/aromatic N) is 2. The third-order valence-corrected chi connectivity index (χ3v) is 3.96. The summed E-state index contributed by atoms with van der Waals surface area (Å²) >= 11 is 6.17. The van der Waals surface area contributed by atoms with E-state index in [4.69, 9.17) is 11.6 Å². The molecule has 1 heterocycles. The van der Waals surface area contributed by atoms with Crippen molar-refractivity contribution in [2.45, 2.75) is 46.0 Å². The van der Waals surface area contributed by atoms with Crippen LogP contribution in [0.1, 0.15) is 51.9 Å². The van der Waals surface area contributed by atoms with Gasteiger partial charge in [-0.1, -0.05) is 20.8 Å². The van der Waals surface area contributed by atoms with Gasteiger partial charge in [0, 0.05) is 6.04 Å². The average Bonchev–Trinajstić information content (AvgIpc) is 2.71. The Morgan fingerprint density at radius 3 is 2.30 bits per heavy atom. The Bertz CT molecular complexity index is 641. The monoisotopic (exact) mass is 300 g/mol. The molecule has 20 heavy (non-hydrogen) atoms. The van der Waals surface area contributed by atoms with Gasteiger partial charge in [0.2, 0.25) is 0 Å². The number of aromatic nitrogens is 2. The van der Waals surface area contributed by atoms with Crippen molar-refractivity contribution in [2.75, 3.05) is 0 Å². The lowest BCUT2D eigenvalue weighted by Crippen LogP contribution is -2.23. The zero-order chi connectivity index (χ0) is 15.2. The normalized spacial score (nSPS) is 15.6. The van der Waals surface area contributed by atoms with Gasteiger partial charge in [-0.25, -0.2) is 13.8 Å². The molecule has 110 valence electrons. The summed E-state index contributed by atoms with van der Waals surface area (Å²) in [6.07, 6.45) is 0. The zero-order valence-electron chi connectivity index (χ0n) is 12.3. The lowest BCUT2D eigenvalue weighted by molar-refractivity contribution is 0.261. The van der Waals surface area contributed by atoms with E-state index in [1.54, 1.807) is 11.5 Å². The van der Waals surface area contributed by atoms with E-state index in [1.807, 2.05) is 27.7 Å². The van der Waals surface area contributed by atoms with Crippen molar-refractivity contribution in [2.24, 2.45) is 5.41 Å². The first kappa shape index (κ1) is 15.2. The summed E-state index contributed by atoms with van der Waals surface area (Å²) in [5.41, 5.74) is 0.491. The second-order valence-corrected chi connectivity index (χ2v) is 6.88. The lowest BCUT2D eigenvalue weighted by Gasteiger charge is -2.31. The maximum absolute atomic E-state index is 14.2. The van der Waals surface area contributed by atoms with E-state index in [0.29, 0.717) is 11.3 Å². The van der Waals surface area contributed by atoms with Crippen LogP contribution in [0.2, 0.25) is 0 Å². The van der Waals surface area contributed by atoms with Crippen molar-refractivity contribution in [1.82, 2.24) is 9.55 Å². The standard InChI is InChI=1S/C15H19ClF2N2/c1-8(16)14-19-11-7-6-10(17)12(18)13(11)20(14)9(2)15(3,4)5/h6-9H,1-5H3. The second-order valence-electron chi connectivity index (χ2n) is 6.23.